The first-order chi connectivity index (χ1) is 6.75. The zero-order chi connectivity index (χ0) is 9.97. The zero-order valence-corrected chi connectivity index (χ0v) is 9.78. The number of nitrogens with two attached hydrogens (primary N) is 1. The molecular formula is C11H16ClNS. The van der Waals surface area contributed by atoms with Crippen LogP contribution in [0.4, 0.5) is 0 Å². The second-order valence-electron chi connectivity index (χ2n) is 4.12. The van der Waals surface area contributed by atoms with Gasteiger partial charge in [0.15, 0.2) is 0 Å². The van der Waals surface area contributed by atoms with E-state index < -0.39 is 0 Å². The molecule has 2 N–H and O–H groups in total. The normalized spacial score (nSPS) is 20.1. The van der Waals surface area contributed by atoms with Crippen LogP contribution in [0.1, 0.15) is 30.6 Å². The monoisotopic (exact) mass is 229 g/mol. The van der Waals surface area contributed by atoms with E-state index in [0.717, 1.165) is 16.7 Å². The van der Waals surface area contributed by atoms with Gasteiger partial charge in [0.2, 0.25) is 0 Å². The molecule has 1 atom stereocenters. The molecule has 1 aliphatic carbocycles. The quantitative estimate of drug-likeness (QED) is 0.844. The number of thiophene rings is 1. The van der Waals surface area contributed by atoms with Gasteiger partial charge < -0.3 is 5.73 Å². The molecule has 1 saturated carbocycles. The maximum absolute atomic E-state index is 6.18. The molecule has 1 aromatic heterocycles. The molecule has 1 heterocycles. The van der Waals surface area contributed by atoms with Crippen molar-refractivity contribution in [1.82, 2.24) is 0 Å². The van der Waals surface area contributed by atoms with Crippen molar-refractivity contribution in [2.24, 2.45) is 11.7 Å². The van der Waals surface area contributed by atoms with Gasteiger partial charge in [-0.3, -0.25) is 0 Å². The summed E-state index contributed by atoms with van der Waals surface area (Å²) in [7, 11) is 0. The molecule has 0 aromatic carbocycles. The van der Waals surface area contributed by atoms with Gasteiger partial charge in [0.1, 0.15) is 0 Å². The minimum atomic E-state index is 0.340. The average molecular weight is 230 g/mol. The predicted octanol–water partition coefficient (Wildman–Crippen LogP) is 3.46. The Balaban J connectivity index is 1.90. The summed E-state index contributed by atoms with van der Waals surface area (Å²) in [6, 6.07) is 4.40. The van der Waals surface area contributed by atoms with Gasteiger partial charge in [0.05, 0.1) is 4.34 Å². The van der Waals surface area contributed by atoms with Crippen LogP contribution in [0.3, 0.4) is 0 Å². The lowest BCUT2D eigenvalue weighted by Crippen LogP contribution is -2.30. The Morgan fingerprint density at radius 2 is 2.14 bits per heavy atom. The Labute approximate surface area is 94.3 Å². The number of rotatable bonds is 3. The van der Waals surface area contributed by atoms with Gasteiger partial charge in [-0.25, -0.2) is 0 Å². The highest BCUT2D eigenvalue weighted by Gasteiger charge is 2.22. The Kier molecular flexibility index (Phi) is 3.47. The summed E-state index contributed by atoms with van der Waals surface area (Å²) in [5.74, 6) is 0.746. The predicted molar refractivity (Wildman–Crippen MR) is 63.0 cm³/mol. The molecule has 3 heteroatoms. The van der Waals surface area contributed by atoms with Gasteiger partial charge in [0.25, 0.3) is 0 Å². The van der Waals surface area contributed by atoms with Gasteiger partial charge in [-0.05, 0) is 37.3 Å². The summed E-state index contributed by atoms with van der Waals surface area (Å²) in [5, 5.41) is 0. The third-order valence-corrected chi connectivity index (χ3v) is 4.32. The standard InChI is InChI=1S/C11H16ClNS/c12-11-6-5-9(14-11)7-10(13)8-3-1-2-4-8/h5-6,8,10H,1-4,7,13H2. The molecule has 1 fully saturated rings. The van der Waals surface area contributed by atoms with Crippen LogP contribution in [0.2, 0.25) is 4.34 Å². The first kappa shape index (κ1) is 10.5. The van der Waals surface area contributed by atoms with E-state index in [1.807, 2.05) is 6.07 Å². The Hall–Kier alpha value is -0.0500. The molecule has 0 aliphatic heterocycles. The summed E-state index contributed by atoms with van der Waals surface area (Å²) < 4.78 is 0.874. The van der Waals surface area contributed by atoms with Crippen molar-refractivity contribution < 1.29 is 0 Å². The van der Waals surface area contributed by atoms with Crippen molar-refractivity contribution >= 4 is 22.9 Å². The van der Waals surface area contributed by atoms with Gasteiger partial charge in [0, 0.05) is 10.9 Å². The van der Waals surface area contributed by atoms with Crippen LogP contribution in [-0.2, 0) is 6.42 Å². The smallest absolute Gasteiger partial charge is 0.0931 e. The Morgan fingerprint density at radius 1 is 1.43 bits per heavy atom. The summed E-state index contributed by atoms with van der Waals surface area (Å²) >= 11 is 7.54. The molecule has 0 bridgehead atoms. The lowest BCUT2D eigenvalue weighted by atomic mass is 9.96. The van der Waals surface area contributed by atoms with Crippen LogP contribution in [0.15, 0.2) is 12.1 Å². The van der Waals surface area contributed by atoms with E-state index >= 15 is 0 Å². The molecule has 1 aliphatic rings. The van der Waals surface area contributed by atoms with Gasteiger partial charge in [-0.2, -0.15) is 0 Å². The van der Waals surface area contributed by atoms with E-state index in [0.29, 0.717) is 6.04 Å². The van der Waals surface area contributed by atoms with Crippen LogP contribution < -0.4 is 5.73 Å². The van der Waals surface area contributed by atoms with E-state index in [4.69, 9.17) is 17.3 Å². The fourth-order valence-corrected chi connectivity index (χ4v) is 3.40. The van der Waals surface area contributed by atoms with Crippen molar-refractivity contribution in [3.05, 3.63) is 21.3 Å². The van der Waals surface area contributed by atoms with Gasteiger partial charge in [-0.15, -0.1) is 11.3 Å². The molecule has 1 unspecified atom stereocenters. The molecular weight excluding hydrogens is 214 g/mol. The van der Waals surface area contributed by atoms with Crippen LogP contribution in [0.5, 0.6) is 0 Å². The number of hydrogen-bond donors (Lipinski definition) is 1. The maximum Gasteiger partial charge on any atom is 0.0931 e. The Morgan fingerprint density at radius 3 is 2.71 bits per heavy atom. The van der Waals surface area contributed by atoms with Crippen LogP contribution >= 0.6 is 22.9 Å². The fourth-order valence-electron chi connectivity index (χ4n) is 2.25. The fraction of sp³-hybridized carbons (Fsp3) is 0.636. The van der Waals surface area contributed by atoms with E-state index in [1.165, 1.54) is 30.6 Å². The maximum atomic E-state index is 6.18. The first-order valence-corrected chi connectivity index (χ1v) is 6.45. The summed E-state index contributed by atoms with van der Waals surface area (Å²) in [6.07, 6.45) is 6.37. The van der Waals surface area contributed by atoms with Gasteiger partial charge >= 0.3 is 0 Å². The SMILES string of the molecule is NC(Cc1ccc(Cl)s1)C1CCCC1. The highest BCUT2D eigenvalue weighted by molar-refractivity contribution is 7.16. The van der Waals surface area contributed by atoms with Crippen LogP contribution in [0.25, 0.3) is 0 Å². The van der Waals surface area contributed by atoms with Crippen molar-refractivity contribution in [3.8, 4) is 0 Å². The highest BCUT2D eigenvalue weighted by atomic mass is 35.5. The molecule has 2 rings (SSSR count). The van der Waals surface area contributed by atoms with Crippen molar-refractivity contribution in [3.63, 3.8) is 0 Å². The minimum Gasteiger partial charge on any atom is -0.327 e. The summed E-state index contributed by atoms with van der Waals surface area (Å²) in [6.45, 7) is 0. The first-order valence-electron chi connectivity index (χ1n) is 5.25. The van der Waals surface area contributed by atoms with Gasteiger partial charge in [-0.1, -0.05) is 24.4 Å². The second-order valence-corrected chi connectivity index (χ2v) is 5.92. The molecule has 0 amide bonds. The molecule has 14 heavy (non-hydrogen) atoms. The average Bonchev–Trinajstić information content (AvgIpc) is 2.75. The minimum absolute atomic E-state index is 0.340. The van der Waals surface area contributed by atoms with Crippen LogP contribution in [-0.4, -0.2) is 6.04 Å². The molecule has 0 radical (unpaired) electrons. The number of halogens is 1. The molecule has 0 spiro atoms. The molecule has 0 saturated heterocycles. The molecule has 1 nitrogen and oxygen atoms in total. The largest absolute Gasteiger partial charge is 0.327 e. The van der Waals surface area contributed by atoms with E-state index in [-0.39, 0.29) is 0 Å². The second kappa shape index (κ2) is 4.65. The topological polar surface area (TPSA) is 26.0 Å². The third kappa shape index (κ3) is 2.50. The van der Waals surface area contributed by atoms with Crippen molar-refractivity contribution in [2.75, 3.05) is 0 Å². The lowest BCUT2D eigenvalue weighted by Gasteiger charge is -2.17. The molecule has 78 valence electrons. The van der Waals surface area contributed by atoms with E-state index in [1.54, 1.807) is 11.3 Å². The van der Waals surface area contributed by atoms with E-state index in [2.05, 4.69) is 6.07 Å². The highest BCUT2D eigenvalue weighted by Crippen LogP contribution is 2.30. The molecule has 1 aromatic rings. The zero-order valence-electron chi connectivity index (χ0n) is 8.21. The Bertz CT molecular complexity index is 291. The van der Waals surface area contributed by atoms with Crippen molar-refractivity contribution in [2.45, 2.75) is 38.1 Å². The summed E-state index contributed by atoms with van der Waals surface area (Å²) in [4.78, 5) is 1.33. The van der Waals surface area contributed by atoms with Crippen LogP contribution in [0, 0.1) is 5.92 Å². The van der Waals surface area contributed by atoms with Crippen molar-refractivity contribution in [1.29, 1.82) is 0 Å². The third-order valence-electron chi connectivity index (χ3n) is 3.07. The van der Waals surface area contributed by atoms with E-state index in [9.17, 15) is 0 Å². The lowest BCUT2D eigenvalue weighted by molar-refractivity contribution is 0.431. The number of hydrogen-bond acceptors (Lipinski definition) is 2. The summed E-state index contributed by atoms with van der Waals surface area (Å²) in [5.41, 5.74) is 6.18.